The molecule has 5 heteroatoms. The average Bonchev–Trinajstić information content (AvgIpc) is 3.26. The molecule has 2 heterocycles. The first-order valence-corrected chi connectivity index (χ1v) is 11.8. The Morgan fingerprint density at radius 1 is 1.15 bits per heavy atom. The fraction of sp³-hybridized carbons (Fsp3) is 0.241. The summed E-state index contributed by atoms with van der Waals surface area (Å²) in [6.07, 6.45) is 7.93. The van der Waals surface area contributed by atoms with Crippen LogP contribution in [-0.2, 0) is 19.1 Å². The van der Waals surface area contributed by atoms with E-state index in [1.807, 2.05) is 42.0 Å². The minimum atomic E-state index is -1.41. The van der Waals surface area contributed by atoms with Gasteiger partial charge in [0, 0.05) is 23.2 Å². The van der Waals surface area contributed by atoms with Crippen molar-refractivity contribution in [1.29, 1.82) is 0 Å². The van der Waals surface area contributed by atoms with E-state index in [0.717, 1.165) is 58.1 Å². The van der Waals surface area contributed by atoms with Crippen molar-refractivity contribution in [2.45, 2.75) is 38.7 Å². The first-order valence-electron chi connectivity index (χ1n) is 11.4. The van der Waals surface area contributed by atoms with E-state index in [0.29, 0.717) is 10.7 Å². The zero-order chi connectivity index (χ0) is 24.5. The second-order valence-corrected chi connectivity index (χ2v) is 9.33. The van der Waals surface area contributed by atoms with Crippen LogP contribution in [0.3, 0.4) is 0 Å². The molecule has 1 unspecified atom stereocenters. The predicted octanol–water partition coefficient (Wildman–Crippen LogP) is 6.59. The van der Waals surface area contributed by atoms with E-state index in [9.17, 15) is 5.11 Å². The van der Waals surface area contributed by atoms with Crippen LogP contribution in [0.5, 0.6) is 0 Å². The number of hydrogen-bond acceptors (Lipinski definition) is 3. The molecule has 0 saturated carbocycles. The molecule has 4 nitrogen and oxygen atoms in total. The van der Waals surface area contributed by atoms with Gasteiger partial charge in [-0.2, -0.15) is 0 Å². The smallest absolute Gasteiger partial charge is 0.156 e. The fourth-order valence-corrected chi connectivity index (χ4v) is 4.73. The van der Waals surface area contributed by atoms with Crippen molar-refractivity contribution in [3.8, 4) is 0 Å². The lowest BCUT2D eigenvalue weighted by atomic mass is 9.82. The van der Waals surface area contributed by atoms with Crippen LogP contribution in [0, 0.1) is 13.8 Å². The van der Waals surface area contributed by atoms with Gasteiger partial charge in [-0.1, -0.05) is 48.0 Å². The van der Waals surface area contributed by atoms with E-state index in [4.69, 9.17) is 16.6 Å². The first kappa shape index (κ1) is 23.9. The van der Waals surface area contributed by atoms with Crippen LogP contribution >= 0.6 is 11.6 Å². The number of aryl methyl sites for hydroxylation is 3. The number of nitrogens with zero attached hydrogens (tertiary/aromatic N) is 3. The number of fused-ring (bicyclic) bond motifs is 1. The normalized spacial score (nSPS) is 13.1. The third-order valence-corrected chi connectivity index (χ3v) is 6.83. The number of halogens is 1. The van der Waals surface area contributed by atoms with E-state index in [1.165, 1.54) is 5.56 Å². The fourth-order valence-electron chi connectivity index (χ4n) is 4.61. The molecule has 0 fully saturated rings. The standard InChI is InChI=1S/C29H30ClN3O/c1-6-7-8-19(2)15-25-20(3)26-16-23(11-14-27(26)32-21(25)4)29(34,28-17-31-18-33(28)5)22-9-12-24(30)13-10-22/h6,9-14,16-18,34H,1-2,7-8,15H2,3-5H3. The Morgan fingerprint density at radius 2 is 1.85 bits per heavy atom. The molecule has 0 amide bonds. The van der Waals surface area contributed by atoms with Crippen molar-refractivity contribution < 1.29 is 5.11 Å². The molecular weight excluding hydrogens is 442 g/mol. The van der Waals surface area contributed by atoms with E-state index in [-0.39, 0.29) is 0 Å². The molecule has 34 heavy (non-hydrogen) atoms. The van der Waals surface area contributed by atoms with Crippen LogP contribution in [0.2, 0.25) is 5.02 Å². The molecule has 1 atom stereocenters. The highest BCUT2D eigenvalue weighted by Crippen LogP contribution is 2.39. The maximum Gasteiger partial charge on any atom is 0.156 e. The van der Waals surface area contributed by atoms with Gasteiger partial charge in [0.15, 0.2) is 5.60 Å². The molecule has 2 aromatic carbocycles. The van der Waals surface area contributed by atoms with Gasteiger partial charge >= 0.3 is 0 Å². The number of aromatic nitrogens is 3. The summed E-state index contributed by atoms with van der Waals surface area (Å²) < 4.78 is 1.84. The Bertz CT molecular complexity index is 1370. The van der Waals surface area contributed by atoms with E-state index >= 15 is 0 Å². The summed E-state index contributed by atoms with van der Waals surface area (Å²) >= 11 is 6.15. The summed E-state index contributed by atoms with van der Waals surface area (Å²) in [7, 11) is 1.88. The first-order chi connectivity index (χ1) is 16.3. The highest BCUT2D eigenvalue weighted by Gasteiger charge is 2.36. The molecule has 0 aliphatic heterocycles. The highest BCUT2D eigenvalue weighted by molar-refractivity contribution is 6.30. The Balaban J connectivity index is 1.89. The minimum absolute atomic E-state index is 0.617. The topological polar surface area (TPSA) is 50.9 Å². The molecule has 0 aliphatic rings. The molecule has 174 valence electrons. The summed E-state index contributed by atoms with van der Waals surface area (Å²) in [6, 6.07) is 13.3. The highest BCUT2D eigenvalue weighted by atomic mass is 35.5. The molecule has 4 rings (SSSR count). The van der Waals surface area contributed by atoms with Crippen LogP contribution in [0.25, 0.3) is 10.9 Å². The van der Waals surface area contributed by atoms with Gasteiger partial charge in [-0.05, 0) is 79.6 Å². The van der Waals surface area contributed by atoms with Crippen molar-refractivity contribution in [3.63, 3.8) is 0 Å². The van der Waals surface area contributed by atoms with Gasteiger partial charge in [-0.25, -0.2) is 4.98 Å². The van der Waals surface area contributed by atoms with Crippen molar-refractivity contribution in [1.82, 2.24) is 14.5 Å². The van der Waals surface area contributed by atoms with Crippen LogP contribution in [-0.4, -0.2) is 19.6 Å². The molecule has 4 aromatic rings. The van der Waals surface area contributed by atoms with Gasteiger partial charge in [-0.3, -0.25) is 4.98 Å². The van der Waals surface area contributed by atoms with Crippen LogP contribution in [0.15, 0.2) is 79.8 Å². The summed E-state index contributed by atoms with van der Waals surface area (Å²) in [4.78, 5) is 9.15. The van der Waals surface area contributed by atoms with Crippen LogP contribution in [0.4, 0.5) is 0 Å². The zero-order valence-corrected chi connectivity index (χ0v) is 20.7. The van der Waals surface area contributed by atoms with Gasteiger partial charge in [0.2, 0.25) is 0 Å². The molecule has 0 spiro atoms. The van der Waals surface area contributed by atoms with Gasteiger partial charge < -0.3 is 9.67 Å². The molecule has 0 radical (unpaired) electrons. The monoisotopic (exact) mass is 471 g/mol. The largest absolute Gasteiger partial charge is 0.374 e. The average molecular weight is 472 g/mol. The Labute approximate surface area is 206 Å². The number of rotatable bonds is 8. The number of pyridine rings is 1. The zero-order valence-electron chi connectivity index (χ0n) is 20.0. The summed E-state index contributed by atoms with van der Waals surface area (Å²) in [5.74, 6) is 0. The molecule has 2 aromatic heterocycles. The Kier molecular flexibility index (Phi) is 6.74. The van der Waals surface area contributed by atoms with Crippen LogP contribution < -0.4 is 0 Å². The second kappa shape index (κ2) is 9.57. The molecular formula is C29H30ClN3O. The lowest BCUT2D eigenvalue weighted by Gasteiger charge is -2.30. The lowest BCUT2D eigenvalue weighted by molar-refractivity contribution is 0.117. The predicted molar refractivity (Wildman–Crippen MR) is 140 cm³/mol. The SMILES string of the molecule is C=CCCC(=C)Cc1c(C)nc2ccc(C(O)(c3ccc(Cl)cc3)c3cncn3C)cc2c1C. The van der Waals surface area contributed by atoms with Gasteiger partial charge in [0.25, 0.3) is 0 Å². The number of imidazole rings is 1. The summed E-state index contributed by atoms with van der Waals surface area (Å²) in [6.45, 7) is 12.3. The summed E-state index contributed by atoms with van der Waals surface area (Å²) in [5, 5.41) is 13.9. The number of aliphatic hydroxyl groups is 1. The van der Waals surface area contributed by atoms with E-state index in [1.54, 1.807) is 24.7 Å². The van der Waals surface area contributed by atoms with Crippen molar-refractivity contribution in [2.24, 2.45) is 7.05 Å². The number of allylic oxidation sites excluding steroid dienone is 2. The molecule has 0 saturated heterocycles. The van der Waals surface area contributed by atoms with Crippen molar-refractivity contribution >= 4 is 22.5 Å². The quantitative estimate of drug-likeness (QED) is 0.295. The maximum atomic E-state index is 12.3. The molecule has 0 bridgehead atoms. The molecule has 0 aliphatic carbocycles. The van der Waals surface area contributed by atoms with Crippen LogP contribution in [0.1, 0.15) is 46.5 Å². The second-order valence-electron chi connectivity index (χ2n) is 8.89. The van der Waals surface area contributed by atoms with E-state index in [2.05, 4.69) is 38.1 Å². The minimum Gasteiger partial charge on any atom is -0.374 e. The number of benzene rings is 2. The third kappa shape index (κ3) is 4.31. The Hall–Kier alpha value is -3.21. The van der Waals surface area contributed by atoms with Crippen molar-refractivity contribution in [3.05, 3.63) is 118 Å². The van der Waals surface area contributed by atoms with Gasteiger partial charge in [0.1, 0.15) is 0 Å². The molecule has 1 N–H and O–H groups in total. The summed E-state index contributed by atoms with van der Waals surface area (Å²) in [5.41, 5.74) is 6.16. The maximum absolute atomic E-state index is 12.3. The van der Waals surface area contributed by atoms with Gasteiger partial charge in [0.05, 0.1) is 23.7 Å². The van der Waals surface area contributed by atoms with Gasteiger partial charge in [-0.15, -0.1) is 6.58 Å². The lowest BCUT2D eigenvalue weighted by Crippen LogP contribution is -2.31. The van der Waals surface area contributed by atoms with Crippen molar-refractivity contribution in [2.75, 3.05) is 0 Å². The Morgan fingerprint density at radius 3 is 2.50 bits per heavy atom. The number of hydrogen-bond donors (Lipinski definition) is 1. The third-order valence-electron chi connectivity index (χ3n) is 6.57. The van der Waals surface area contributed by atoms with E-state index < -0.39 is 5.60 Å².